The maximum Gasteiger partial charge on any atom is 0.242 e. The molecule has 1 aliphatic heterocycles. The molecule has 2 aromatic heterocycles. The van der Waals surface area contributed by atoms with Gasteiger partial charge in [0.2, 0.25) is 5.91 Å². The van der Waals surface area contributed by atoms with Crippen molar-refractivity contribution in [2.75, 3.05) is 24.5 Å². The number of hydrogen-bond acceptors (Lipinski definition) is 5. The number of nitrogens with zero attached hydrogens (tertiary/aromatic N) is 6. The summed E-state index contributed by atoms with van der Waals surface area (Å²) in [7, 11) is 0. The number of pyridine rings is 1. The van der Waals surface area contributed by atoms with E-state index in [9.17, 15) is 18.0 Å². The van der Waals surface area contributed by atoms with Gasteiger partial charge in [0, 0.05) is 42.0 Å². The highest BCUT2D eigenvalue weighted by Gasteiger charge is 2.79. The molecule has 1 amide bonds. The maximum atomic E-state index is 13.7. The highest BCUT2D eigenvalue weighted by molar-refractivity contribution is 5.94. The van der Waals surface area contributed by atoms with E-state index in [1.165, 1.54) is 47.5 Å². The minimum atomic E-state index is -0.429. The van der Waals surface area contributed by atoms with Crippen molar-refractivity contribution in [1.29, 1.82) is 0 Å². The second kappa shape index (κ2) is 8.49. The van der Waals surface area contributed by atoms with Crippen molar-refractivity contribution in [1.82, 2.24) is 24.6 Å². The molecular weight excluding hydrogens is 493 g/mol. The molecule has 2 saturated carbocycles. The van der Waals surface area contributed by atoms with E-state index in [1.54, 1.807) is 24.3 Å². The van der Waals surface area contributed by atoms with Gasteiger partial charge in [-0.3, -0.25) is 14.6 Å². The SMILES string of the molecule is O=C1CN(C2(Cn3nc(-c4ccc(F)cc4)nc3-c3ccc(F)cc3)C3CC32)CCN1c1cc(F)ccn1. The zero-order valence-electron chi connectivity index (χ0n) is 20.3. The summed E-state index contributed by atoms with van der Waals surface area (Å²) in [5.74, 6) is 1.05. The Morgan fingerprint density at radius 2 is 1.55 bits per heavy atom. The van der Waals surface area contributed by atoms with Crippen molar-refractivity contribution in [2.24, 2.45) is 11.8 Å². The summed E-state index contributed by atoms with van der Waals surface area (Å²) >= 11 is 0. The van der Waals surface area contributed by atoms with Crippen LogP contribution in [0.3, 0.4) is 0 Å². The van der Waals surface area contributed by atoms with E-state index < -0.39 is 5.82 Å². The minimum absolute atomic E-state index is 0.121. The fourth-order valence-electron chi connectivity index (χ4n) is 5.87. The molecule has 0 spiro atoms. The first-order chi connectivity index (χ1) is 18.4. The van der Waals surface area contributed by atoms with Crippen LogP contribution in [0.5, 0.6) is 0 Å². The van der Waals surface area contributed by atoms with Crippen LogP contribution in [0, 0.1) is 29.3 Å². The minimum Gasteiger partial charge on any atom is -0.294 e. The van der Waals surface area contributed by atoms with Crippen molar-refractivity contribution in [3.8, 4) is 22.8 Å². The van der Waals surface area contributed by atoms with E-state index in [0.29, 0.717) is 54.5 Å². The highest BCUT2D eigenvalue weighted by atomic mass is 19.1. The Kier molecular flexibility index (Phi) is 5.16. The number of carbonyl (C=O) groups excluding carboxylic acids is 1. The second-order valence-electron chi connectivity index (χ2n) is 10.2. The number of aromatic nitrogens is 4. The predicted molar refractivity (Wildman–Crippen MR) is 133 cm³/mol. The zero-order chi connectivity index (χ0) is 26.0. The Labute approximate surface area is 216 Å². The number of piperazine rings is 1. The topological polar surface area (TPSA) is 67.2 Å². The Hall–Kier alpha value is -4.05. The lowest BCUT2D eigenvalue weighted by molar-refractivity contribution is -0.123. The smallest absolute Gasteiger partial charge is 0.242 e. The third-order valence-corrected chi connectivity index (χ3v) is 8.04. The van der Waals surface area contributed by atoms with Gasteiger partial charge < -0.3 is 0 Å². The molecule has 10 heteroatoms. The van der Waals surface area contributed by atoms with Crippen LogP contribution >= 0.6 is 0 Å². The molecule has 192 valence electrons. The number of rotatable bonds is 6. The average molecular weight is 517 g/mol. The summed E-state index contributed by atoms with van der Waals surface area (Å²) in [5.41, 5.74) is 1.17. The molecule has 2 aromatic carbocycles. The monoisotopic (exact) mass is 516 g/mol. The number of carbonyl (C=O) groups is 1. The third-order valence-electron chi connectivity index (χ3n) is 8.04. The quantitative estimate of drug-likeness (QED) is 0.385. The molecule has 2 atom stereocenters. The van der Waals surface area contributed by atoms with Gasteiger partial charge in [-0.1, -0.05) is 0 Å². The van der Waals surface area contributed by atoms with Gasteiger partial charge in [-0.2, -0.15) is 5.10 Å². The lowest BCUT2D eigenvalue weighted by atomic mass is 10.0. The summed E-state index contributed by atoms with van der Waals surface area (Å²) in [6.45, 7) is 1.77. The lowest BCUT2D eigenvalue weighted by Gasteiger charge is -2.41. The number of halogens is 3. The first-order valence-corrected chi connectivity index (χ1v) is 12.6. The van der Waals surface area contributed by atoms with Crippen LogP contribution < -0.4 is 4.90 Å². The summed E-state index contributed by atoms with van der Waals surface area (Å²) < 4.78 is 42.7. The highest BCUT2D eigenvalue weighted by Crippen LogP contribution is 2.74. The summed E-state index contributed by atoms with van der Waals surface area (Å²) in [4.78, 5) is 25.8. The number of fused-ring (bicyclic) bond motifs is 1. The Balaban J connectivity index is 1.19. The van der Waals surface area contributed by atoms with Crippen molar-refractivity contribution in [3.63, 3.8) is 0 Å². The van der Waals surface area contributed by atoms with Crippen LogP contribution in [0.25, 0.3) is 22.8 Å². The summed E-state index contributed by atoms with van der Waals surface area (Å²) in [6.07, 6.45) is 2.47. The van der Waals surface area contributed by atoms with Crippen LogP contribution in [-0.2, 0) is 11.3 Å². The molecule has 1 saturated heterocycles. The van der Waals surface area contributed by atoms with Crippen LogP contribution in [0.15, 0.2) is 66.9 Å². The van der Waals surface area contributed by atoms with E-state index in [1.807, 2.05) is 4.68 Å². The summed E-state index contributed by atoms with van der Waals surface area (Å²) in [6, 6.07) is 14.6. The van der Waals surface area contributed by atoms with Gasteiger partial charge in [-0.25, -0.2) is 27.8 Å². The van der Waals surface area contributed by atoms with Gasteiger partial charge in [-0.15, -0.1) is 0 Å². The first kappa shape index (κ1) is 23.1. The molecule has 2 unspecified atom stereocenters. The van der Waals surface area contributed by atoms with E-state index in [0.717, 1.165) is 12.0 Å². The largest absolute Gasteiger partial charge is 0.294 e. The number of anilines is 1. The fourth-order valence-corrected chi connectivity index (χ4v) is 5.87. The molecule has 2 aliphatic carbocycles. The number of hydrogen-bond donors (Lipinski definition) is 0. The first-order valence-electron chi connectivity index (χ1n) is 12.6. The van der Waals surface area contributed by atoms with Crippen molar-refractivity contribution >= 4 is 11.7 Å². The normalized spacial score (nSPS) is 24.4. The molecule has 7 nitrogen and oxygen atoms in total. The average Bonchev–Trinajstić information content (AvgIpc) is 3.79. The van der Waals surface area contributed by atoms with Crippen molar-refractivity contribution in [2.45, 2.75) is 18.5 Å². The van der Waals surface area contributed by atoms with Gasteiger partial charge in [0.25, 0.3) is 0 Å². The molecule has 0 N–H and O–H groups in total. The Morgan fingerprint density at radius 1 is 0.868 bits per heavy atom. The molecule has 7 rings (SSSR count). The maximum absolute atomic E-state index is 13.7. The van der Waals surface area contributed by atoms with Crippen LogP contribution in [0.1, 0.15) is 6.42 Å². The van der Waals surface area contributed by atoms with Gasteiger partial charge >= 0.3 is 0 Å². The molecule has 38 heavy (non-hydrogen) atoms. The Bertz CT molecular complexity index is 1530. The molecule has 3 heterocycles. The molecular formula is C28H23F3N6O. The van der Waals surface area contributed by atoms with Gasteiger partial charge in [0.15, 0.2) is 11.6 Å². The van der Waals surface area contributed by atoms with Gasteiger partial charge in [0.05, 0.1) is 13.1 Å². The van der Waals surface area contributed by atoms with Gasteiger partial charge in [-0.05, 0) is 72.9 Å². The van der Waals surface area contributed by atoms with Crippen molar-refractivity contribution < 1.29 is 18.0 Å². The fraction of sp³-hybridized carbons (Fsp3) is 0.286. The van der Waals surface area contributed by atoms with Crippen LogP contribution in [-0.4, -0.2) is 55.7 Å². The van der Waals surface area contributed by atoms with E-state index in [2.05, 4.69) is 9.88 Å². The van der Waals surface area contributed by atoms with E-state index in [4.69, 9.17) is 10.1 Å². The second-order valence-corrected chi connectivity index (χ2v) is 10.2. The lowest BCUT2D eigenvalue weighted by Crippen LogP contribution is -2.58. The standard InChI is InChI=1S/C28H23F3N6O/c29-19-5-1-17(2-6-19)26-33-27(18-3-7-20(30)8-4-18)37(34-26)16-28(22-14-23(22)28)35-11-12-36(25(38)15-35)24-13-21(31)9-10-32-24/h1-10,13,22-23H,11-12,14-16H2. The molecule has 3 fully saturated rings. The predicted octanol–water partition coefficient (Wildman–Crippen LogP) is 4.16. The molecule has 4 aromatic rings. The van der Waals surface area contributed by atoms with Crippen LogP contribution in [0.2, 0.25) is 0 Å². The molecule has 0 radical (unpaired) electrons. The number of amides is 1. The van der Waals surface area contributed by atoms with Gasteiger partial charge in [0.1, 0.15) is 23.3 Å². The van der Waals surface area contributed by atoms with E-state index >= 15 is 0 Å². The third kappa shape index (κ3) is 3.78. The van der Waals surface area contributed by atoms with E-state index in [-0.39, 0.29) is 29.6 Å². The number of benzene rings is 2. The molecule has 0 bridgehead atoms. The van der Waals surface area contributed by atoms with Crippen molar-refractivity contribution in [3.05, 3.63) is 84.3 Å². The zero-order valence-corrected chi connectivity index (χ0v) is 20.3. The Morgan fingerprint density at radius 3 is 2.16 bits per heavy atom. The molecule has 3 aliphatic rings. The van der Waals surface area contributed by atoms with Crippen LogP contribution in [0.4, 0.5) is 19.0 Å². The summed E-state index contributed by atoms with van der Waals surface area (Å²) in [5, 5.41) is 4.79.